The second-order valence-electron chi connectivity index (χ2n) is 4.44. The van der Waals surface area contributed by atoms with Crippen LogP contribution < -0.4 is 5.32 Å². The summed E-state index contributed by atoms with van der Waals surface area (Å²) in [6, 6.07) is 4.23. The van der Waals surface area contributed by atoms with Gasteiger partial charge in [0.05, 0.1) is 10.7 Å². The number of rotatable bonds is 6. The first-order valence-corrected chi connectivity index (χ1v) is 6.35. The molecule has 0 radical (unpaired) electrons. The number of hydrogen-bond donors (Lipinski definition) is 1. The molecule has 1 N–H and O–H groups in total. The van der Waals surface area contributed by atoms with Crippen LogP contribution >= 0.6 is 11.6 Å². The maximum atomic E-state index is 6.12. The number of pyridine rings is 1. The lowest BCUT2D eigenvalue weighted by molar-refractivity contribution is 0.394. The molecule has 0 aliphatic carbocycles. The maximum Gasteiger partial charge on any atom is 0.0622 e. The van der Waals surface area contributed by atoms with Crippen LogP contribution in [0.3, 0.4) is 0 Å². The van der Waals surface area contributed by atoms with Crippen molar-refractivity contribution in [2.24, 2.45) is 5.92 Å². The molecular weight excluding hydrogens is 220 g/mol. The van der Waals surface area contributed by atoms with Crippen LogP contribution in [-0.2, 0) is 6.42 Å². The van der Waals surface area contributed by atoms with Gasteiger partial charge in [0.25, 0.3) is 0 Å². The maximum absolute atomic E-state index is 6.12. The standard InChI is InChI=1S/C13H21ClN2/c1-4-7-15-12(10(2)3)9-13-11(14)6-5-8-16-13/h5-6,8,10,12,15H,4,7,9H2,1-3H3. The minimum Gasteiger partial charge on any atom is -0.313 e. The molecule has 3 heteroatoms. The van der Waals surface area contributed by atoms with E-state index in [9.17, 15) is 0 Å². The van der Waals surface area contributed by atoms with Gasteiger partial charge in [-0.15, -0.1) is 0 Å². The van der Waals surface area contributed by atoms with E-state index in [-0.39, 0.29) is 0 Å². The first-order valence-electron chi connectivity index (χ1n) is 5.98. The van der Waals surface area contributed by atoms with Gasteiger partial charge in [0, 0.05) is 18.7 Å². The van der Waals surface area contributed by atoms with E-state index in [4.69, 9.17) is 11.6 Å². The van der Waals surface area contributed by atoms with Crippen LogP contribution in [0, 0.1) is 5.92 Å². The van der Waals surface area contributed by atoms with E-state index < -0.39 is 0 Å². The van der Waals surface area contributed by atoms with Crippen LogP contribution in [0.2, 0.25) is 5.02 Å². The molecule has 90 valence electrons. The molecule has 1 heterocycles. The highest BCUT2D eigenvalue weighted by Gasteiger charge is 2.15. The Morgan fingerprint density at radius 2 is 2.19 bits per heavy atom. The van der Waals surface area contributed by atoms with Gasteiger partial charge in [-0.05, 0) is 31.0 Å². The van der Waals surface area contributed by atoms with Gasteiger partial charge in [-0.25, -0.2) is 0 Å². The minimum atomic E-state index is 0.451. The number of nitrogens with zero attached hydrogens (tertiary/aromatic N) is 1. The highest BCUT2D eigenvalue weighted by Crippen LogP contribution is 2.16. The first-order chi connectivity index (χ1) is 7.65. The Kier molecular flexibility index (Phi) is 5.78. The highest BCUT2D eigenvalue weighted by atomic mass is 35.5. The zero-order chi connectivity index (χ0) is 12.0. The zero-order valence-corrected chi connectivity index (χ0v) is 11.1. The molecule has 0 bridgehead atoms. The molecule has 0 fully saturated rings. The predicted octanol–water partition coefficient (Wildman–Crippen LogP) is 3.30. The number of hydrogen-bond acceptors (Lipinski definition) is 2. The summed E-state index contributed by atoms with van der Waals surface area (Å²) in [5, 5.41) is 4.32. The van der Waals surface area contributed by atoms with Crippen molar-refractivity contribution in [1.82, 2.24) is 10.3 Å². The van der Waals surface area contributed by atoms with Crippen molar-refractivity contribution in [3.8, 4) is 0 Å². The minimum absolute atomic E-state index is 0.451. The van der Waals surface area contributed by atoms with E-state index in [1.54, 1.807) is 6.20 Å². The van der Waals surface area contributed by atoms with Gasteiger partial charge in [-0.2, -0.15) is 0 Å². The van der Waals surface area contributed by atoms with E-state index in [1.165, 1.54) is 0 Å². The lowest BCUT2D eigenvalue weighted by Crippen LogP contribution is -2.36. The Hall–Kier alpha value is -0.600. The van der Waals surface area contributed by atoms with Crippen LogP contribution in [0.5, 0.6) is 0 Å². The van der Waals surface area contributed by atoms with Gasteiger partial charge in [-0.1, -0.05) is 32.4 Å². The van der Waals surface area contributed by atoms with Gasteiger partial charge in [0.15, 0.2) is 0 Å². The second-order valence-corrected chi connectivity index (χ2v) is 4.85. The second kappa shape index (κ2) is 6.87. The van der Waals surface area contributed by atoms with Crippen molar-refractivity contribution < 1.29 is 0 Å². The van der Waals surface area contributed by atoms with Crippen molar-refractivity contribution in [1.29, 1.82) is 0 Å². The molecule has 0 aromatic carbocycles. The molecule has 1 aromatic heterocycles. The van der Waals surface area contributed by atoms with Gasteiger partial charge in [-0.3, -0.25) is 4.98 Å². The summed E-state index contributed by atoms with van der Waals surface area (Å²) in [6.07, 6.45) is 3.86. The Morgan fingerprint density at radius 1 is 1.44 bits per heavy atom. The largest absolute Gasteiger partial charge is 0.313 e. The predicted molar refractivity (Wildman–Crippen MR) is 69.9 cm³/mol. The molecule has 1 atom stereocenters. The normalized spacial score (nSPS) is 13.1. The summed E-state index contributed by atoms with van der Waals surface area (Å²) in [7, 11) is 0. The Morgan fingerprint density at radius 3 is 2.75 bits per heavy atom. The van der Waals surface area contributed by atoms with Crippen LogP contribution in [0.15, 0.2) is 18.3 Å². The Balaban J connectivity index is 2.64. The molecule has 0 spiro atoms. The third-order valence-electron chi connectivity index (χ3n) is 2.71. The van der Waals surface area contributed by atoms with Crippen LogP contribution in [0.4, 0.5) is 0 Å². The molecule has 2 nitrogen and oxygen atoms in total. The Bertz CT molecular complexity index is 313. The van der Waals surface area contributed by atoms with Gasteiger partial charge >= 0.3 is 0 Å². The summed E-state index contributed by atoms with van der Waals surface area (Å²) >= 11 is 6.12. The van der Waals surface area contributed by atoms with Gasteiger partial charge in [0.2, 0.25) is 0 Å². The third-order valence-corrected chi connectivity index (χ3v) is 3.05. The molecule has 0 aliphatic heterocycles. The summed E-state index contributed by atoms with van der Waals surface area (Å²) in [6.45, 7) is 7.68. The van der Waals surface area contributed by atoms with Crippen molar-refractivity contribution in [3.05, 3.63) is 29.0 Å². The van der Waals surface area contributed by atoms with Crippen molar-refractivity contribution in [2.75, 3.05) is 6.54 Å². The van der Waals surface area contributed by atoms with E-state index in [1.807, 2.05) is 12.1 Å². The third kappa shape index (κ3) is 4.11. The molecule has 1 aromatic rings. The van der Waals surface area contributed by atoms with Crippen LogP contribution in [0.25, 0.3) is 0 Å². The highest BCUT2D eigenvalue weighted by molar-refractivity contribution is 6.31. The molecular formula is C13H21ClN2. The van der Waals surface area contributed by atoms with Crippen molar-refractivity contribution in [3.63, 3.8) is 0 Å². The summed E-state index contributed by atoms with van der Waals surface area (Å²) in [5.41, 5.74) is 0.992. The monoisotopic (exact) mass is 240 g/mol. The molecule has 1 rings (SSSR count). The fourth-order valence-corrected chi connectivity index (χ4v) is 1.85. The number of halogens is 1. The molecule has 1 unspecified atom stereocenters. The average molecular weight is 241 g/mol. The van der Waals surface area contributed by atoms with E-state index in [2.05, 4.69) is 31.1 Å². The van der Waals surface area contributed by atoms with Gasteiger partial charge in [0.1, 0.15) is 0 Å². The first kappa shape index (κ1) is 13.5. The Labute approximate surface area is 103 Å². The topological polar surface area (TPSA) is 24.9 Å². The summed E-state index contributed by atoms with van der Waals surface area (Å²) in [5.74, 6) is 0.588. The zero-order valence-electron chi connectivity index (χ0n) is 10.3. The van der Waals surface area contributed by atoms with E-state index in [0.717, 1.165) is 30.1 Å². The lowest BCUT2D eigenvalue weighted by Gasteiger charge is -2.22. The molecule has 0 saturated carbocycles. The molecule has 0 aliphatic rings. The molecule has 0 saturated heterocycles. The lowest BCUT2D eigenvalue weighted by atomic mass is 9.99. The fraction of sp³-hybridized carbons (Fsp3) is 0.615. The summed E-state index contributed by atoms with van der Waals surface area (Å²) < 4.78 is 0. The fourth-order valence-electron chi connectivity index (χ4n) is 1.65. The number of nitrogens with one attached hydrogen (secondary N) is 1. The molecule has 16 heavy (non-hydrogen) atoms. The number of aromatic nitrogens is 1. The van der Waals surface area contributed by atoms with Crippen LogP contribution in [-0.4, -0.2) is 17.6 Å². The molecule has 0 amide bonds. The van der Waals surface area contributed by atoms with Crippen LogP contribution in [0.1, 0.15) is 32.9 Å². The van der Waals surface area contributed by atoms with Crippen molar-refractivity contribution in [2.45, 2.75) is 39.7 Å². The van der Waals surface area contributed by atoms with E-state index in [0.29, 0.717) is 12.0 Å². The smallest absolute Gasteiger partial charge is 0.0622 e. The average Bonchev–Trinajstić information content (AvgIpc) is 2.26. The quantitative estimate of drug-likeness (QED) is 0.825. The SMILES string of the molecule is CCCNC(Cc1ncccc1Cl)C(C)C. The van der Waals surface area contributed by atoms with Crippen molar-refractivity contribution >= 4 is 11.6 Å². The summed E-state index contributed by atoms with van der Waals surface area (Å²) in [4.78, 5) is 4.34. The van der Waals surface area contributed by atoms with E-state index >= 15 is 0 Å². The van der Waals surface area contributed by atoms with Gasteiger partial charge < -0.3 is 5.32 Å².